The monoisotopic (exact) mass is 274 g/mol. The third-order valence-corrected chi connectivity index (χ3v) is 3.99. The molecule has 108 valence electrons. The normalized spacial score (nSPS) is 18.3. The highest BCUT2D eigenvalue weighted by atomic mass is 16.2. The Morgan fingerprint density at radius 2 is 2.05 bits per heavy atom. The van der Waals surface area contributed by atoms with Crippen LogP contribution in [0.25, 0.3) is 0 Å². The van der Waals surface area contributed by atoms with E-state index in [-0.39, 0.29) is 11.9 Å². The van der Waals surface area contributed by atoms with E-state index in [0.717, 1.165) is 25.7 Å². The van der Waals surface area contributed by atoms with E-state index in [2.05, 4.69) is 16.5 Å². The van der Waals surface area contributed by atoms with Crippen LogP contribution in [0.3, 0.4) is 0 Å². The van der Waals surface area contributed by atoms with Crippen LogP contribution in [0.2, 0.25) is 0 Å². The van der Waals surface area contributed by atoms with E-state index in [1.165, 1.54) is 0 Å². The van der Waals surface area contributed by atoms with Crippen LogP contribution in [0.15, 0.2) is 12.4 Å². The van der Waals surface area contributed by atoms with Crippen molar-refractivity contribution in [1.82, 2.24) is 9.78 Å². The predicted octanol–water partition coefficient (Wildman–Crippen LogP) is 3.27. The van der Waals surface area contributed by atoms with Gasteiger partial charge in [0.25, 0.3) is 0 Å². The molecule has 20 heavy (non-hydrogen) atoms. The number of nitrogens with one attached hydrogen (secondary N) is 1. The first kappa shape index (κ1) is 14.6. The molecule has 0 bridgehead atoms. The van der Waals surface area contributed by atoms with Gasteiger partial charge in [-0.25, -0.2) is 0 Å². The smallest absolute Gasteiger partial charge is 0.244 e. The molecule has 0 saturated heterocycles. The maximum Gasteiger partial charge on any atom is 0.244 e. The number of hydrogen-bond acceptors (Lipinski definition) is 3. The van der Waals surface area contributed by atoms with Crippen molar-refractivity contribution in [2.45, 2.75) is 58.4 Å². The highest BCUT2D eigenvalue weighted by Gasteiger charge is 2.39. The quantitative estimate of drug-likeness (QED) is 0.860. The molecule has 1 aromatic rings. The van der Waals surface area contributed by atoms with Gasteiger partial charge in [0.1, 0.15) is 5.41 Å². The van der Waals surface area contributed by atoms with E-state index in [9.17, 15) is 10.1 Å². The molecule has 1 saturated carbocycles. The Kier molecular flexibility index (Phi) is 4.43. The fourth-order valence-electron chi connectivity index (χ4n) is 2.66. The number of rotatable bonds is 3. The Balaban J connectivity index is 2.10. The molecule has 2 rings (SSSR count). The van der Waals surface area contributed by atoms with Gasteiger partial charge < -0.3 is 5.32 Å². The fourth-order valence-corrected chi connectivity index (χ4v) is 2.66. The number of nitrogens with zero attached hydrogens (tertiary/aromatic N) is 3. The number of amides is 1. The summed E-state index contributed by atoms with van der Waals surface area (Å²) in [5.74, 6) is -0.176. The summed E-state index contributed by atoms with van der Waals surface area (Å²) in [5, 5.41) is 16.5. The minimum absolute atomic E-state index is 0.176. The van der Waals surface area contributed by atoms with Crippen molar-refractivity contribution in [2.24, 2.45) is 5.41 Å². The molecular weight excluding hydrogens is 252 g/mol. The van der Waals surface area contributed by atoms with Crippen molar-refractivity contribution in [2.75, 3.05) is 5.32 Å². The molecule has 0 atom stereocenters. The maximum absolute atomic E-state index is 12.5. The van der Waals surface area contributed by atoms with Crippen LogP contribution < -0.4 is 5.32 Å². The van der Waals surface area contributed by atoms with Gasteiger partial charge in [0.2, 0.25) is 5.91 Å². The molecule has 1 aliphatic rings. The lowest BCUT2D eigenvalue weighted by Crippen LogP contribution is -2.34. The van der Waals surface area contributed by atoms with Crippen molar-refractivity contribution in [3.8, 4) is 6.07 Å². The Morgan fingerprint density at radius 1 is 1.40 bits per heavy atom. The molecule has 0 aliphatic heterocycles. The van der Waals surface area contributed by atoms with Gasteiger partial charge in [0.15, 0.2) is 0 Å². The Hall–Kier alpha value is -1.83. The van der Waals surface area contributed by atoms with Crippen molar-refractivity contribution in [1.29, 1.82) is 5.26 Å². The van der Waals surface area contributed by atoms with Crippen molar-refractivity contribution < 1.29 is 4.79 Å². The summed E-state index contributed by atoms with van der Waals surface area (Å²) in [7, 11) is 0. The summed E-state index contributed by atoms with van der Waals surface area (Å²) in [6, 6.07) is 2.52. The third-order valence-electron chi connectivity index (χ3n) is 3.99. The standard InChI is InChI=1S/C15H22N4O/c1-12(2)19-10-13(9-17-19)18-14(20)15(11-16)7-5-3-4-6-8-15/h9-10,12H,3-8H2,1-2H3,(H,18,20). The molecule has 5 nitrogen and oxygen atoms in total. The van der Waals surface area contributed by atoms with E-state index < -0.39 is 5.41 Å². The van der Waals surface area contributed by atoms with E-state index in [1.54, 1.807) is 10.9 Å². The minimum atomic E-state index is -0.865. The van der Waals surface area contributed by atoms with Gasteiger partial charge in [0, 0.05) is 12.2 Å². The molecule has 0 spiro atoms. The molecule has 5 heteroatoms. The summed E-state index contributed by atoms with van der Waals surface area (Å²) in [6.45, 7) is 4.06. The van der Waals surface area contributed by atoms with Crippen LogP contribution in [-0.2, 0) is 4.79 Å². The number of carbonyl (C=O) groups excluding carboxylic acids is 1. The van der Waals surface area contributed by atoms with Gasteiger partial charge in [-0.3, -0.25) is 9.48 Å². The molecule has 1 aromatic heterocycles. The lowest BCUT2D eigenvalue weighted by atomic mass is 9.81. The lowest BCUT2D eigenvalue weighted by molar-refractivity contribution is -0.123. The zero-order chi connectivity index (χ0) is 14.6. The first-order valence-electron chi connectivity index (χ1n) is 7.34. The molecule has 1 heterocycles. The highest BCUT2D eigenvalue weighted by molar-refractivity contribution is 5.97. The Bertz CT molecular complexity index is 504. The van der Waals surface area contributed by atoms with Crippen molar-refractivity contribution in [3.05, 3.63) is 12.4 Å². The maximum atomic E-state index is 12.5. The first-order valence-corrected chi connectivity index (χ1v) is 7.34. The summed E-state index contributed by atoms with van der Waals surface area (Å²) < 4.78 is 1.79. The second-order valence-corrected chi connectivity index (χ2v) is 5.87. The van der Waals surface area contributed by atoms with Gasteiger partial charge in [-0.15, -0.1) is 0 Å². The van der Waals surface area contributed by atoms with Crippen LogP contribution in [0, 0.1) is 16.7 Å². The van der Waals surface area contributed by atoms with Gasteiger partial charge in [-0.1, -0.05) is 25.7 Å². The average molecular weight is 274 g/mol. The fraction of sp³-hybridized carbons (Fsp3) is 0.667. The summed E-state index contributed by atoms with van der Waals surface area (Å²) in [4.78, 5) is 12.5. The van der Waals surface area contributed by atoms with Gasteiger partial charge in [0.05, 0.1) is 18.0 Å². The van der Waals surface area contributed by atoms with Crippen molar-refractivity contribution >= 4 is 11.6 Å². The van der Waals surface area contributed by atoms with Crippen LogP contribution >= 0.6 is 0 Å². The number of carbonyl (C=O) groups is 1. The van der Waals surface area contributed by atoms with Crippen molar-refractivity contribution in [3.63, 3.8) is 0 Å². The SMILES string of the molecule is CC(C)n1cc(NC(=O)C2(C#N)CCCCCC2)cn1. The summed E-state index contributed by atoms with van der Waals surface area (Å²) in [5.41, 5.74) is -0.196. The number of hydrogen-bond donors (Lipinski definition) is 1. The molecular formula is C15H22N4O. The first-order chi connectivity index (χ1) is 9.57. The molecule has 0 radical (unpaired) electrons. The van der Waals surface area contributed by atoms with Crippen LogP contribution in [0.4, 0.5) is 5.69 Å². The predicted molar refractivity (Wildman–Crippen MR) is 77.0 cm³/mol. The lowest BCUT2D eigenvalue weighted by Gasteiger charge is -2.23. The molecule has 1 amide bonds. The highest BCUT2D eigenvalue weighted by Crippen LogP contribution is 2.35. The molecule has 0 aromatic carbocycles. The zero-order valence-corrected chi connectivity index (χ0v) is 12.2. The summed E-state index contributed by atoms with van der Waals surface area (Å²) >= 11 is 0. The zero-order valence-electron chi connectivity index (χ0n) is 12.2. The van der Waals surface area contributed by atoms with Gasteiger partial charge >= 0.3 is 0 Å². The van der Waals surface area contributed by atoms with Crippen LogP contribution in [0.5, 0.6) is 0 Å². The average Bonchev–Trinajstić information content (AvgIpc) is 2.75. The third kappa shape index (κ3) is 3.01. The Labute approximate surface area is 120 Å². The molecule has 1 fully saturated rings. The van der Waals surface area contributed by atoms with Crippen LogP contribution in [-0.4, -0.2) is 15.7 Å². The van der Waals surface area contributed by atoms with E-state index in [1.807, 2.05) is 20.0 Å². The summed E-state index contributed by atoms with van der Waals surface area (Å²) in [6.07, 6.45) is 8.90. The van der Waals surface area contributed by atoms with Gasteiger partial charge in [-0.05, 0) is 26.7 Å². The molecule has 1 N–H and O–H groups in total. The van der Waals surface area contributed by atoms with E-state index in [4.69, 9.17) is 0 Å². The minimum Gasteiger partial charge on any atom is -0.322 e. The topological polar surface area (TPSA) is 70.7 Å². The van der Waals surface area contributed by atoms with Crippen LogP contribution in [0.1, 0.15) is 58.4 Å². The number of nitriles is 1. The second-order valence-electron chi connectivity index (χ2n) is 5.87. The molecule has 0 unspecified atom stereocenters. The second kappa shape index (κ2) is 6.08. The Morgan fingerprint density at radius 3 is 2.55 bits per heavy atom. The largest absolute Gasteiger partial charge is 0.322 e. The number of anilines is 1. The molecule has 1 aliphatic carbocycles. The van der Waals surface area contributed by atoms with E-state index in [0.29, 0.717) is 18.5 Å². The van der Waals surface area contributed by atoms with E-state index >= 15 is 0 Å². The van der Waals surface area contributed by atoms with Gasteiger partial charge in [-0.2, -0.15) is 10.4 Å². The number of aromatic nitrogens is 2.